The van der Waals surface area contributed by atoms with Crippen molar-refractivity contribution in [2.24, 2.45) is 0 Å². The molecule has 1 atom stereocenters. The van der Waals surface area contributed by atoms with E-state index in [1.54, 1.807) is 0 Å². The van der Waals surface area contributed by atoms with Gasteiger partial charge in [0.1, 0.15) is 0 Å². The number of aliphatic hydroxyl groups excluding tert-OH is 1. The number of hydrogen-bond acceptors (Lipinski definition) is 4. The standard InChI is InChI=1S/C12H24N2O5/c1-4-9(5-2)14(6-7-15)11(18)13-8-12(3,19)10(16)17/h9,15,19H,4-8H2,1-3H3,(H,13,18)(H,16,17). The lowest BCUT2D eigenvalue weighted by Crippen LogP contribution is -2.52. The number of amides is 2. The Kier molecular flexibility index (Phi) is 7.40. The van der Waals surface area contributed by atoms with Crippen molar-refractivity contribution in [2.45, 2.75) is 45.3 Å². The van der Waals surface area contributed by atoms with Crippen molar-refractivity contribution >= 4 is 12.0 Å². The van der Waals surface area contributed by atoms with Gasteiger partial charge in [-0.1, -0.05) is 13.8 Å². The van der Waals surface area contributed by atoms with Gasteiger partial charge in [-0.05, 0) is 19.8 Å². The molecule has 112 valence electrons. The van der Waals surface area contributed by atoms with Gasteiger partial charge in [0.05, 0.1) is 13.2 Å². The van der Waals surface area contributed by atoms with Gasteiger partial charge in [0.25, 0.3) is 0 Å². The number of nitrogens with one attached hydrogen (secondary N) is 1. The lowest BCUT2D eigenvalue weighted by Gasteiger charge is -2.31. The second-order valence-electron chi connectivity index (χ2n) is 4.63. The average Bonchev–Trinajstić information content (AvgIpc) is 2.36. The second-order valence-corrected chi connectivity index (χ2v) is 4.63. The van der Waals surface area contributed by atoms with E-state index in [1.807, 2.05) is 13.8 Å². The van der Waals surface area contributed by atoms with Crippen LogP contribution in [0.3, 0.4) is 0 Å². The second kappa shape index (κ2) is 7.96. The summed E-state index contributed by atoms with van der Waals surface area (Å²) in [5.41, 5.74) is -2.01. The van der Waals surface area contributed by atoms with Crippen molar-refractivity contribution in [3.8, 4) is 0 Å². The Morgan fingerprint density at radius 3 is 2.21 bits per heavy atom. The van der Waals surface area contributed by atoms with Crippen LogP contribution in [-0.2, 0) is 4.79 Å². The molecule has 0 bridgehead atoms. The summed E-state index contributed by atoms with van der Waals surface area (Å²) in [4.78, 5) is 24.1. The van der Waals surface area contributed by atoms with Crippen molar-refractivity contribution in [3.05, 3.63) is 0 Å². The van der Waals surface area contributed by atoms with E-state index in [0.29, 0.717) is 0 Å². The molecule has 0 heterocycles. The highest BCUT2D eigenvalue weighted by Crippen LogP contribution is 2.09. The summed E-state index contributed by atoms with van der Waals surface area (Å²) in [6.45, 7) is 4.59. The molecule has 0 aromatic rings. The highest BCUT2D eigenvalue weighted by molar-refractivity contribution is 5.79. The Hall–Kier alpha value is -1.34. The number of carbonyl (C=O) groups is 2. The van der Waals surface area contributed by atoms with Gasteiger partial charge >= 0.3 is 12.0 Å². The Morgan fingerprint density at radius 1 is 1.32 bits per heavy atom. The lowest BCUT2D eigenvalue weighted by atomic mass is 10.1. The molecule has 0 saturated carbocycles. The van der Waals surface area contributed by atoms with Crippen LogP contribution in [0.1, 0.15) is 33.6 Å². The predicted molar refractivity (Wildman–Crippen MR) is 69.8 cm³/mol. The first-order valence-corrected chi connectivity index (χ1v) is 6.41. The van der Waals surface area contributed by atoms with E-state index in [0.717, 1.165) is 19.8 Å². The third-order valence-corrected chi connectivity index (χ3v) is 3.03. The molecule has 0 aliphatic rings. The maximum absolute atomic E-state index is 12.0. The number of hydrogen-bond donors (Lipinski definition) is 4. The first kappa shape index (κ1) is 17.7. The number of aliphatic carboxylic acids is 1. The van der Waals surface area contributed by atoms with Crippen LogP contribution in [0.15, 0.2) is 0 Å². The summed E-state index contributed by atoms with van der Waals surface area (Å²) in [6.07, 6.45) is 1.47. The van der Waals surface area contributed by atoms with Gasteiger partial charge < -0.3 is 25.5 Å². The summed E-state index contributed by atoms with van der Waals surface area (Å²) in [5.74, 6) is -1.40. The van der Waals surface area contributed by atoms with Crippen molar-refractivity contribution in [2.75, 3.05) is 19.7 Å². The number of carboxylic acid groups (broad SMARTS) is 1. The molecule has 0 aromatic carbocycles. The molecule has 0 saturated heterocycles. The van der Waals surface area contributed by atoms with Crippen molar-refractivity contribution in [1.82, 2.24) is 10.2 Å². The number of nitrogens with zero attached hydrogens (tertiary/aromatic N) is 1. The van der Waals surface area contributed by atoms with Crippen LogP contribution in [0, 0.1) is 0 Å². The molecule has 0 fully saturated rings. The molecule has 2 amide bonds. The fourth-order valence-corrected chi connectivity index (χ4v) is 1.71. The molecular formula is C12H24N2O5. The lowest BCUT2D eigenvalue weighted by molar-refractivity contribution is -0.155. The SMILES string of the molecule is CCC(CC)N(CCO)C(=O)NCC(C)(O)C(=O)O. The molecule has 7 heteroatoms. The van der Waals surface area contributed by atoms with E-state index in [9.17, 15) is 14.7 Å². The van der Waals surface area contributed by atoms with Crippen LogP contribution in [0.25, 0.3) is 0 Å². The third-order valence-electron chi connectivity index (χ3n) is 3.03. The van der Waals surface area contributed by atoms with Crippen molar-refractivity contribution in [1.29, 1.82) is 0 Å². The van der Waals surface area contributed by atoms with Crippen molar-refractivity contribution in [3.63, 3.8) is 0 Å². The van der Waals surface area contributed by atoms with Gasteiger partial charge in [-0.25, -0.2) is 9.59 Å². The smallest absolute Gasteiger partial charge is 0.337 e. The molecule has 0 aliphatic heterocycles. The zero-order chi connectivity index (χ0) is 15.1. The van der Waals surface area contributed by atoms with Crippen LogP contribution < -0.4 is 5.32 Å². The van der Waals surface area contributed by atoms with E-state index < -0.39 is 17.6 Å². The third kappa shape index (κ3) is 5.44. The molecule has 0 spiro atoms. The monoisotopic (exact) mass is 276 g/mol. The minimum Gasteiger partial charge on any atom is -0.479 e. The van der Waals surface area contributed by atoms with E-state index in [2.05, 4.69) is 5.32 Å². The zero-order valence-electron chi connectivity index (χ0n) is 11.7. The topological polar surface area (TPSA) is 110 Å². The van der Waals surface area contributed by atoms with Gasteiger partial charge in [-0.2, -0.15) is 0 Å². The molecule has 0 rings (SSSR count). The first-order valence-electron chi connectivity index (χ1n) is 6.41. The summed E-state index contributed by atoms with van der Waals surface area (Å²) >= 11 is 0. The first-order chi connectivity index (χ1) is 8.80. The van der Waals surface area contributed by atoms with Gasteiger partial charge in [0.15, 0.2) is 5.60 Å². The van der Waals surface area contributed by atoms with E-state index >= 15 is 0 Å². The largest absolute Gasteiger partial charge is 0.479 e. The van der Waals surface area contributed by atoms with Crippen molar-refractivity contribution < 1.29 is 24.9 Å². The Morgan fingerprint density at radius 2 is 1.84 bits per heavy atom. The zero-order valence-corrected chi connectivity index (χ0v) is 11.7. The number of carboxylic acids is 1. The molecular weight excluding hydrogens is 252 g/mol. The molecule has 7 nitrogen and oxygen atoms in total. The summed E-state index contributed by atoms with van der Waals surface area (Å²) in [7, 11) is 0. The van der Waals surface area contributed by atoms with Crippen LogP contribution >= 0.6 is 0 Å². The molecule has 0 aromatic heterocycles. The van der Waals surface area contributed by atoms with Crippen LogP contribution in [0.4, 0.5) is 4.79 Å². The molecule has 1 unspecified atom stereocenters. The van der Waals surface area contributed by atoms with Crippen LogP contribution in [-0.4, -0.2) is 63.6 Å². The number of rotatable bonds is 8. The minimum atomic E-state index is -2.01. The quantitative estimate of drug-likeness (QED) is 0.499. The van der Waals surface area contributed by atoms with Gasteiger partial charge in [0, 0.05) is 12.6 Å². The van der Waals surface area contributed by atoms with Crippen LogP contribution in [0.5, 0.6) is 0 Å². The highest BCUT2D eigenvalue weighted by Gasteiger charge is 2.31. The normalized spacial score (nSPS) is 14.0. The molecule has 19 heavy (non-hydrogen) atoms. The fourth-order valence-electron chi connectivity index (χ4n) is 1.71. The van der Waals surface area contributed by atoms with Gasteiger partial charge in [-0.3, -0.25) is 0 Å². The van der Waals surface area contributed by atoms with E-state index in [4.69, 9.17) is 10.2 Å². The molecule has 0 radical (unpaired) electrons. The molecule has 4 N–H and O–H groups in total. The Labute approximate surface area is 113 Å². The number of carbonyl (C=O) groups excluding carboxylic acids is 1. The average molecular weight is 276 g/mol. The van der Waals surface area contributed by atoms with Gasteiger partial charge in [0.2, 0.25) is 0 Å². The Bertz CT molecular complexity index is 302. The number of aliphatic hydroxyl groups is 2. The Balaban J connectivity index is 4.61. The maximum atomic E-state index is 12.0. The fraction of sp³-hybridized carbons (Fsp3) is 0.833. The van der Waals surface area contributed by atoms with Gasteiger partial charge in [-0.15, -0.1) is 0 Å². The summed E-state index contributed by atoms with van der Waals surface area (Å²) in [6, 6.07) is -0.508. The number of urea groups is 1. The minimum absolute atomic E-state index is 0.0260. The highest BCUT2D eigenvalue weighted by atomic mass is 16.4. The molecule has 0 aliphatic carbocycles. The summed E-state index contributed by atoms with van der Waals surface area (Å²) < 4.78 is 0. The van der Waals surface area contributed by atoms with Crippen LogP contribution in [0.2, 0.25) is 0 Å². The maximum Gasteiger partial charge on any atom is 0.337 e. The predicted octanol–water partition coefficient (Wildman–Crippen LogP) is 0.0145. The van der Waals surface area contributed by atoms with E-state index in [-0.39, 0.29) is 25.7 Å². The summed E-state index contributed by atoms with van der Waals surface area (Å²) in [5, 5.41) is 29.6. The van der Waals surface area contributed by atoms with E-state index in [1.165, 1.54) is 4.90 Å².